The molecule has 0 saturated heterocycles. The van der Waals surface area contributed by atoms with Crippen LogP contribution in [0.3, 0.4) is 0 Å². The lowest BCUT2D eigenvalue weighted by atomic mass is 9.95. The summed E-state index contributed by atoms with van der Waals surface area (Å²) in [6, 6.07) is 7.96. The molecule has 28 heavy (non-hydrogen) atoms. The van der Waals surface area contributed by atoms with Gasteiger partial charge in [-0.3, -0.25) is 9.59 Å². The summed E-state index contributed by atoms with van der Waals surface area (Å²) in [6.07, 6.45) is 0.655. The summed E-state index contributed by atoms with van der Waals surface area (Å²) in [6.45, 7) is 4.70. The number of carboxylic acid groups (broad SMARTS) is 1. The Morgan fingerprint density at radius 1 is 1.18 bits per heavy atom. The monoisotopic (exact) mass is 394 g/mol. The Labute approximate surface area is 164 Å². The van der Waals surface area contributed by atoms with Gasteiger partial charge in [0, 0.05) is 0 Å². The molecule has 0 aliphatic heterocycles. The molecule has 0 spiro atoms. The number of carbonyl (C=O) groups excluding carboxylic acids is 2. The van der Waals surface area contributed by atoms with Gasteiger partial charge in [0.2, 0.25) is 5.91 Å². The van der Waals surface area contributed by atoms with E-state index in [0.29, 0.717) is 6.42 Å². The predicted octanol–water partition coefficient (Wildman–Crippen LogP) is 3.02. The highest BCUT2D eigenvalue weighted by Crippen LogP contribution is 2.16. The number of hydrogen-bond acceptors (Lipinski definition) is 4. The Morgan fingerprint density at radius 3 is 2.39 bits per heavy atom. The van der Waals surface area contributed by atoms with Gasteiger partial charge in [0.05, 0.1) is 12.5 Å². The van der Waals surface area contributed by atoms with E-state index in [1.807, 2.05) is 32.0 Å². The van der Waals surface area contributed by atoms with E-state index in [2.05, 4.69) is 10.6 Å². The van der Waals surface area contributed by atoms with E-state index >= 15 is 0 Å². The highest BCUT2D eigenvalue weighted by molar-refractivity contribution is 5.85. The Hall–Kier alpha value is -2.90. The lowest BCUT2D eigenvalue weighted by molar-refractivity contribution is -0.141. The Morgan fingerprint density at radius 2 is 1.82 bits per heavy atom. The molecule has 7 nitrogen and oxygen atoms in total. The van der Waals surface area contributed by atoms with Crippen LogP contribution in [0.15, 0.2) is 42.2 Å². The van der Waals surface area contributed by atoms with Crippen LogP contribution < -0.4 is 10.6 Å². The standard InChI is InChI=1S/C20H27FN2O5/c1-13(2)9-16(18(24)23-14(3)19(25)26)10-17(21)11-22-20(27)28-12-15-7-5-4-6-8-15/h4-8,10,13-14,16H,9,11-12H2,1-3H3,(H,22,27)(H,23,24)(H,25,26)/b17-10-/t14-,16+/m0/s1. The molecule has 0 unspecified atom stereocenters. The molecule has 0 fully saturated rings. The summed E-state index contributed by atoms with van der Waals surface area (Å²) in [7, 11) is 0. The second-order valence-corrected chi connectivity index (χ2v) is 6.83. The summed E-state index contributed by atoms with van der Waals surface area (Å²) in [5.74, 6) is -3.22. The van der Waals surface area contributed by atoms with Crippen LogP contribution in [0.5, 0.6) is 0 Å². The first kappa shape index (κ1) is 23.1. The molecule has 1 aromatic rings. The van der Waals surface area contributed by atoms with E-state index in [1.54, 1.807) is 12.1 Å². The van der Waals surface area contributed by atoms with Crippen LogP contribution in [0.4, 0.5) is 9.18 Å². The quantitative estimate of drug-likeness (QED) is 0.566. The van der Waals surface area contributed by atoms with Crippen molar-refractivity contribution in [1.82, 2.24) is 10.6 Å². The van der Waals surface area contributed by atoms with Gasteiger partial charge < -0.3 is 20.5 Å². The Bertz CT molecular complexity index is 691. The molecule has 0 saturated carbocycles. The van der Waals surface area contributed by atoms with Crippen molar-refractivity contribution in [2.75, 3.05) is 6.54 Å². The molecular weight excluding hydrogens is 367 g/mol. The Kier molecular flexibility index (Phi) is 9.70. The summed E-state index contributed by atoms with van der Waals surface area (Å²) in [5.41, 5.74) is 0.801. The van der Waals surface area contributed by atoms with Gasteiger partial charge in [-0.25, -0.2) is 9.18 Å². The van der Waals surface area contributed by atoms with Gasteiger partial charge in [0.25, 0.3) is 0 Å². The Balaban J connectivity index is 2.58. The zero-order valence-corrected chi connectivity index (χ0v) is 16.3. The number of nitrogens with one attached hydrogen (secondary N) is 2. The van der Waals surface area contributed by atoms with Crippen LogP contribution in [0.1, 0.15) is 32.8 Å². The molecule has 0 aliphatic carbocycles. The minimum absolute atomic E-state index is 0.0590. The molecule has 154 valence electrons. The summed E-state index contributed by atoms with van der Waals surface area (Å²) in [4.78, 5) is 34.8. The van der Waals surface area contributed by atoms with Gasteiger partial charge in [-0.2, -0.15) is 0 Å². The van der Waals surface area contributed by atoms with Crippen molar-refractivity contribution < 1.29 is 28.6 Å². The number of alkyl carbamates (subject to hydrolysis) is 1. The van der Waals surface area contributed by atoms with E-state index in [0.717, 1.165) is 11.6 Å². The van der Waals surface area contributed by atoms with Gasteiger partial charge in [-0.05, 0) is 30.9 Å². The van der Waals surface area contributed by atoms with Crippen molar-refractivity contribution in [2.24, 2.45) is 11.8 Å². The molecular formula is C20H27FN2O5. The topological polar surface area (TPSA) is 105 Å². The highest BCUT2D eigenvalue weighted by Gasteiger charge is 2.22. The van der Waals surface area contributed by atoms with Crippen molar-refractivity contribution in [2.45, 2.75) is 39.8 Å². The number of benzene rings is 1. The molecule has 1 aromatic carbocycles. The predicted molar refractivity (Wildman–Crippen MR) is 102 cm³/mol. The zero-order valence-electron chi connectivity index (χ0n) is 16.3. The molecule has 1 rings (SSSR count). The molecule has 0 radical (unpaired) electrons. The molecule has 2 atom stereocenters. The highest BCUT2D eigenvalue weighted by atomic mass is 19.1. The second-order valence-electron chi connectivity index (χ2n) is 6.83. The molecule has 3 N–H and O–H groups in total. The number of rotatable bonds is 10. The summed E-state index contributed by atoms with van der Waals surface area (Å²) in [5, 5.41) is 13.5. The van der Waals surface area contributed by atoms with Crippen LogP contribution >= 0.6 is 0 Å². The number of carbonyl (C=O) groups is 3. The third kappa shape index (κ3) is 9.16. The first-order valence-electron chi connectivity index (χ1n) is 9.03. The fraction of sp³-hybridized carbons (Fsp3) is 0.450. The van der Waals surface area contributed by atoms with Crippen LogP contribution in [-0.2, 0) is 20.9 Å². The van der Waals surface area contributed by atoms with Gasteiger partial charge >= 0.3 is 12.1 Å². The van der Waals surface area contributed by atoms with Crippen LogP contribution in [0.2, 0.25) is 0 Å². The van der Waals surface area contributed by atoms with Crippen molar-refractivity contribution in [3.63, 3.8) is 0 Å². The van der Waals surface area contributed by atoms with E-state index < -0.39 is 42.3 Å². The van der Waals surface area contributed by atoms with Crippen molar-refractivity contribution in [1.29, 1.82) is 0 Å². The van der Waals surface area contributed by atoms with E-state index in [9.17, 15) is 18.8 Å². The minimum Gasteiger partial charge on any atom is -0.480 e. The molecule has 8 heteroatoms. The van der Waals surface area contributed by atoms with Crippen LogP contribution in [0, 0.1) is 11.8 Å². The lowest BCUT2D eigenvalue weighted by Gasteiger charge is -2.17. The molecule has 0 heterocycles. The van der Waals surface area contributed by atoms with Crippen molar-refractivity contribution >= 4 is 18.0 Å². The normalized spacial score (nSPS) is 13.5. The second kappa shape index (κ2) is 11.7. The maximum atomic E-state index is 14.2. The average molecular weight is 394 g/mol. The SMILES string of the molecule is CC(C)C[C@H](/C=C(\F)CNC(=O)OCc1ccccc1)C(=O)N[C@@H](C)C(=O)O. The number of ether oxygens (including phenoxy) is 1. The molecule has 0 bridgehead atoms. The number of aliphatic carboxylic acids is 1. The minimum atomic E-state index is -1.18. The van der Waals surface area contributed by atoms with E-state index in [4.69, 9.17) is 9.84 Å². The molecule has 0 aromatic heterocycles. The van der Waals surface area contributed by atoms with Crippen LogP contribution in [0.25, 0.3) is 0 Å². The fourth-order valence-corrected chi connectivity index (χ4v) is 2.35. The number of carboxylic acids is 1. The van der Waals surface area contributed by atoms with E-state index in [1.165, 1.54) is 6.92 Å². The van der Waals surface area contributed by atoms with Gasteiger partial charge in [-0.1, -0.05) is 44.2 Å². The van der Waals surface area contributed by atoms with Gasteiger partial charge in [0.15, 0.2) is 0 Å². The first-order chi connectivity index (χ1) is 13.2. The maximum Gasteiger partial charge on any atom is 0.407 e. The van der Waals surface area contributed by atoms with Crippen LogP contribution in [-0.4, -0.2) is 35.7 Å². The molecule has 0 aliphatic rings. The third-order valence-electron chi connectivity index (χ3n) is 3.79. The maximum absolute atomic E-state index is 14.2. The number of amides is 2. The lowest BCUT2D eigenvalue weighted by Crippen LogP contribution is -2.41. The van der Waals surface area contributed by atoms with Crippen molar-refractivity contribution in [3.05, 3.63) is 47.8 Å². The van der Waals surface area contributed by atoms with Gasteiger partial charge in [-0.15, -0.1) is 0 Å². The van der Waals surface area contributed by atoms with Crippen molar-refractivity contribution in [3.8, 4) is 0 Å². The number of hydrogen-bond donors (Lipinski definition) is 3. The molecule has 2 amide bonds. The van der Waals surface area contributed by atoms with E-state index in [-0.39, 0.29) is 12.5 Å². The van der Waals surface area contributed by atoms with Gasteiger partial charge in [0.1, 0.15) is 18.5 Å². The fourth-order valence-electron chi connectivity index (χ4n) is 2.35. The average Bonchev–Trinajstić information content (AvgIpc) is 2.64. The zero-order chi connectivity index (χ0) is 21.1. The number of halogens is 1. The largest absolute Gasteiger partial charge is 0.480 e. The first-order valence-corrected chi connectivity index (χ1v) is 9.03. The smallest absolute Gasteiger partial charge is 0.407 e. The third-order valence-corrected chi connectivity index (χ3v) is 3.79. The summed E-state index contributed by atoms with van der Waals surface area (Å²) < 4.78 is 19.2. The summed E-state index contributed by atoms with van der Waals surface area (Å²) >= 11 is 0.